The Morgan fingerprint density at radius 2 is 1.76 bits per heavy atom. The minimum Gasteiger partial charge on any atom is -0.342 e. The first kappa shape index (κ1) is 22.7. The van der Waals surface area contributed by atoms with E-state index in [2.05, 4.69) is 9.88 Å². The SMILES string of the molecule is Cc1cc(C)cc(NC(=O)/C(C#N)=C/c2cn(Cc3ccc(Cl)c(Cl)c3)c3ccccc23)c1. The molecule has 0 fully saturated rings. The quantitative estimate of drug-likeness (QED) is 0.247. The van der Waals surface area contributed by atoms with Gasteiger partial charge in [-0.2, -0.15) is 5.26 Å². The third-order valence-electron chi connectivity index (χ3n) is 5.30. The largest absolute Gasteiger partial charge is 0.342 e. The second-order valence-electron chi connectivity index (χ2n) is 7.98. The molecule has 164 valence electrons. The zero-order chi connectivity index (χ0) is 23.5. The summed E-state index contributed by atoms with van der Waals surface area (Å²) in [6, 6.07) is 21.2. The molecular formula is C27H21Cl2N3O. The maximum atomic E-state index is 12.8. The van der Waals surface area contributed by atoms with Crippen molar-refractivity contribution in [3.05, 3.63) is 105 Å². The van der Waals surface area contributed by atoms with E-state index in [1.165, 1.54) is 0 Å². The number of anilines is 1. The number of halogens is 2. The number of benzene rings is 3. The molecule has 0 aliphatic rings. The van der Waals surface area contributed by atoms with Crippen molar-refractivity contribution in [2.75, 3.05) is 5.32 Å². The van der Waals surface area contributed by atoms with Gasteiger partial charge in [0.1, 0.15) is 11.6 Å². The molecule has 0 aliphatic heterocycles. The minimum absolute atomic E-state index is 0.0339. The van der Waals surface area contributed by atoms with Gasteiger partial charge in [-0.1, -0.05) is 53.5 Å². The molecule has 0 bridgehead atoms. The van der Waals surface area contributed by atoms with Crippen LogP contribution in [0, 0.1) is 25.2 Å². The summed E-state index contributed by atoms with van der Waals surface area (Å²) in [5.41, 5.74) is 5.55. The molecule has 4 aromatic rings. The van der Waals surface area contributed by atoms with Gasteiger partial charge in [-0.15, -0.1) is 0 Å². The minimum atomic E-state index is -0.441. The number of para-hydroxylation sites is 1. The van der Waals surface area contributed by atoms with E-state index < -0.39 is 5.91 Å². The van der Waals surface area contributed by atoms with Crippen LogP contribution in [0.25, 0.3) is 17.0 Å². The van der Waals surface area contributed by atoms with Gasteiger partial charge in [0.05, 0.1) is 10.0 Å². The topological polar surface area (TPSA) is 57.8 Å². The molecule has 0 unspecified atom stereocenters. The summed E-state index contributed by atoms with van der Waals surface area (Å²) >= 11 is 12.2. The number of fused-ring (bicyclic) bond motifs is 1. The van der Waals surface area contributed by atoms with Crippen molar-refractivity contribution in [3.8, 4) is 6.07 Å². The van der Waals surface area contributed by atoms with E-state index in [4.69, 9.17) is 23.2 Å². The summed E-state index contributed by atoms with van der Waals surface area (Å²) in [5, 5.41) is 14.5. The third kappa shape index (κ3) is 5.12. The predicted octanol–water partition coefficient (Wildman–Crippen LogP) is 7.16. The van der Waals surface area contributed by atoms with E-state index in [1.807, 2.05) is 80.7 Å². The second-order valence-corrected chi connectivity index (χ2v) is 8.79. The van der Waals surface area contributed by atoms with Crippen LogP contribution < -0.4 is 5.32 Å². The van der Waals surface area contributed by atoms with E-state index in [0.717, 1.165) is 33.2 Å². The first-order valence-electron chi connectivity index (χ1n) is 10.4. The number of nitrogens with one attached hydrogen (secondary N) is 1. The van der Waals surface area contributed by atoms with Gasteiger partial charge in [-0.25, -0.2) is 0 Å². The predicted molar refractivity (Wildman–Crippen MR) is 136 cm³/mol. The van der Waals surface area contributed by atoms with Crippen LogP contribution in [0.4, 0.5) is 5.69 Å². The molecule has 33 heavy (non-hydrogen) atoms. The Morgan fingerprint density at radius 1 is 1.03 bits per heavy atom. The molecule has 0 saturated carbocycles. The van der Waals surface area contributed by atoms with Crippen LogP contribution in [0.5, 0.6) is 0 Å². The number of amides is 1. The van der Waals surface area contributed by atoms with Crippen molar-refractivity contribution in [3.63, 3.8) is 0 Å². The maximum absolute atomic E-state index is 12.8. The van der Waals surface area contributed by atoms with Crippen LogP contribution in [-0.4, -0.2) is 10.5 Å². The van der Waals surface area contributed by atoms with Crippen LogP contribution >= 0.6 is 23.2 Å². The number of aromatic nitrogens is 1. The smallest absolute Gasteiger partial charge is 0.266 e. The number of hydrogen-bond donors (Lipinski definition) is 1. The molecule has 0 saturated heterocycles. The fourth-order valence-electron chi connectivity index (χ4n) is 3.91. The second kappa shape index (κ2) is 9.54. The van der Waals surface area contributed by atoms with Crippen LogP contribution in [0.2, 0.25) is 10.0 Å². The van der Waals surface area contributed by atoms with Crippen LogP contribution in [0.1, 0.15) is 22.3 Å². The fourth-order valence-corrected chi connectivity index (χ4v) is 4.23. The fraction of sp³-hybridized carbons (Fsp3) is 0.111. The molecule has 0 radical (unpaired) electrons. The van der Waals surface area contributed by atoms with Crippen molar-refractivity contribution in [1.29, 1.82) is 5.26 Å². The van der Waals surface area contributed by atoms with Crippen LogP contribution in [0.15, 0.2) is 72.4 Å². The standard InChI is InChI=1S/C27H21Cl2N3O/c1-17-9-18(2)11-22(10-17)31-27(33)20(14-30)13-21-16-32(26-6-4-3-5-23(21)26)15-19-7-8-24(28)25(29)12-19/h3-13,16H,15H2,1-2H3,(H,31,33)/b20-13+. The van der Waals surface area contributed by atoms with Gasteiger partial charge in [-0.3, -0.25) is 4.79 Å². The number of hydrogen-bond acceptors (Lipinski definition) is 2. The van der Waals surface area contributed by atoms with Crippen molar-refractivity contribution in [2.24, 2.45) is 0 Å². The van der Waals surface area contributed by atoms with Gasteiger partial charge >= 0.3 is 0 Å². The lowest BCUT2D eigenvalue weighted by Crippen LogP contribution is -2.13. The summed E-state index contributed by atoms with van der Waals surface area (Å²) in [6.07, 6.45) is 3.57. The van der Waals surface area contributed by atoms with E-state index in [9.17, 15) is 10.1 Å². The Bertz CT molecular complexity index is 1420. The van der Waals surface area contributed by atoms with Gasteiger partial charge in [0.25, 0.3) is 5.91 Å². The Kier molecular flexibility index (Phi) is 6.55. The zero-order valence-corrected chi connectivity index (χ0v) is 19.7. The number of carbonyl (C=O) groups excluding carboxylic acids is 1. The van der Waals surface area contributed by atoms with Crippen LogP contribution in [-0.2, 0) is 11.3 Å². The molecule has 3 aromatic carbocycles. The first-order valence-corrected chi connectivity index (χ1v) is 11.1. The molecule has 0 aliphatic carbocycles. The van der Waals surface area contributed by atoms with Gasteiger partial charge < -0.3 is 9.88 Å². The van der Waals surface area contributed by atoms with Gasteiger partial charge in [-0.05, 0) is 66.9 Å². The molecule has 1 amide bonds. The lowest BCUT2D eigenvalue weighted by atomic mass is 10.1. The summed E-state index contributed by atoms with van der Waals surface area (Å²) in [5.74, 6) is -0.441. The lowest BCUT2D eigenvalue weighted by molar-refractivity contribution is -0.112. The molecule has 1 N–H and O–H groups in total. The normalized spacial score (nSPS) is 11.4. The summed E-state index contributed by atoms with van der Waals surface area (Å²) in [6.45, 7) is 4.50. The van der Waals surface area contributed by atoms with Gasteiger partial charge in [0.2, 0.25) is 0 Å². The molecule has 0 atom stereocenters. The molecule has 0 spiro atoms. The lowest BCUT2D eigenvalue weighted by Gasteiger charge is -2.07. The van der Waals surface area contributed by atoms with E-state index in [0.29, 0.717) is 22.3 Å². The Morgan fingerprint density at radius 3 is 2.45 bits per heavy atom. The number of aryl methyl sites for hydroxylation is 2. The highest BCUT2D eigenvalue weighted by atomic mass is 35.5. The number of nitrogens with zero attached hydrogens (tertiary/aromatic N) is 2. The van der Waals surface area contributed by atoms with Crippen molar-refractivity contribution < 1.29 is 4.79 Å². The summed E-state index contributed by atoms with van der Waals surface area (Å²) in [4.78, 5) is 12.8. The van der Waals surface area contributed by atoms with Gasteiger partial charge in [0, 0.05) is 34.9 Å². The van der Waals surface area contributed by atoms with E-state index >= 15 is 0 Å². The number of rotatable bonds is 5. The van der Waals surface area contributed by atoms with Crippen molar-refractivity contribution >= 4 is 51.8 Å². The maximum Gasteiger partial charge on any atom is 0.266 e. The summed E-state index contributed by atoms with van der Waals surface area (Å²) in [7, 11) is 0. The summed E-state index contributed by atoms with van der Waals surface area (Å²) < 4.78 is 2.07. The Balaban J connectivity index is 1.68. The van der Waals surface area contributed by atoms with Crippen LogP contribution in [0.3, 0.4) is 0 Å². The van der Waals surface area contributed by atoms with Crippen molar-refractivity contribution in [2.45, 2.75) is 20.4 Å². The molecule has 4 rings (SSSR count). The van der Waals surface area contributed by atoms with Crippen molar-refractivity contribution in [1.82, 2.24) is 4.57 Å². The van der Waals surface area contributed by atoms with E-state index in [1.54, 1.807) is 12.1 Å². The molecule has 1 heterocycles. The highest BCUT2D eigenvalue weighted by Crippen LogP contribution is 2.27. The average molecular weight is 474 g/mol. The monoisotopic (exact) mass is 473 g/mol. The average Bonchev–Trinajstić information content (AvgIpc) is 3.11. The Labute approximate surface area is 202 Å². The number of carbonyl (C=O) groups is 1. The highest BCUT2D eigenvalue weighted by Gasteiger charge is 2.14. The Hall–Kier alpha value is -3.52. The molecule has 4 nitrogen and oxygen atoms in total. The molecule has 6 heteroatoms. The molecular weight excluding hydrogens is 453 g/mol. The third-order valence-corrected chi connectivity index (χ3v) is 6.04. The molecule has 1 aromatic heterocycles. The number of nitriles is 1. The highest BCUT2D eigenvalue weighted by molar-refractivity contribution is 6.42. The van der Waals surface area contributed by atoms with Gasteiger partial charge in [0.15, 0.2) is 0 Å². The zero-order valence-electron chi connectivity index (χ0n) is 18.2. The van der Waals surface area contributed by atoms with E-state index in [-0.39, 0.29) is 5.57 Å². The first-order chi connectivity index (χ1) is 15.8.